The van der Waals surface area contributed by atoms with Crippen LogP contribution in [0.1, 0.15) is 38.3 Å². The van der Waals surface area contributed by atoms with Crippen LogP contribution >= 0.6 is 0 Å². The van der Waals surface area contributed by atoms with Gasteiger partial charge in [0.2, 0.25) is 0 Å². The molecule has 0 amide bonds. The highest BCUT2D eigenvalue weighted by Gasteiger charge is 2.14. The average molecular weight is 221 g/mol. The predicted molar refractivity (Wildman–Crippen MR) is 64.3 cm³/mol. The molecule has 16 heavy (non-hydrogen) atoms. The number of hydrogen-bond donors (Lipinski definition) is 2. The van der Waals surface area contributed by atoms with Crippen molar-refractivity contribution < 1.29 is 9.90 Å². The van der Waals surface area contributed by atoms with Gasteiger partial charge in [0.05, 0.1) is 6.42 Å². The largest absolute Gasteiger partial charge is 0.481 e. The molecule has 1 rings (SSSR count). The molecule has 88 valence electrons. The number of benzene rings is 1. The molecule has 1 aromatic carbocycles. The zero-order valence-corrected chi connectivity index (χ0v) is 9.81. The highest BCUT2D eigenvalue weighted by molar-refractivity contribution is 5.67. The van der Waals surface area contributed by atoms with Crippen LogP contribution in [-0.4, -0.2) is 17.1 Å². The van der Waals surface area contributed by atoms with Gasteiger partial charge in [-0.2, -0.15) is 0 Å². The van der Waals surface area contributed by atoms with Gasteiger partial charge >= 0.3 is 5.97 Å². The molecule has 2 atom stereocenters. The fraction of sp³-hybridized carbons (Fsp3) is 0.462. The summed E-state index contributed by atoms with van der Waals surface area (Å²) in [6.07, 6.45) is 0.997. The number of aliphatic carboxylic acids is 1. The molecule has 0 aliphatic heterocycles. The van der Waals surface area contributed by atoms with E-state index in [2.05, 4.69) is 12.2 Å². The third kappa shape index (κ3) is 4.03. The maximum absolute atomic E-state index is 10.6. The topological polar surface area (TPSA) is 49.3 Å². The summed E-state index contributed by atoms with van der Waals surface area (Å²) < 4.78 is 0. The van der Waals surface area contributed by atoms with E-state index in [4.69, 9.17) is 5.11 Å². The van der Waals surface area contributed by atoms with Crippen LogP contribution in [-0.2, 0) is 4.79 Å². The Morgan fingerprint density at radius 1 is 1.38 bits per heavy atom. The summed E-state index contributed by atoms with van der Waals surface area (Å²) in [6.45, 7) is 4.05. The summed E-state index contributed by atoms with van der Waals surface area (Å²) in [7, 11) is 0. The van der Waals surface area contributed by atoms with Crippen LogP contribution < -0.4 is 5.32 Å². The lowest BCUT2D eigenvalue weighted by Crippen LogP contribution is -2.32. The number of carbonyl (C=O) groups is 1. The molecule has 0 spiro atoms. The van der Waals surface area contributed by atoms with E-state index in [1.165, 1.54) is 5.56 Å². The Labute approximate surface area is 96.5 Å². The van der Waals surface area contributed by atoms with Crippen LogP contribution in [0, 0.1) is 0 Å². The Kier molecular flexibility index (Phi) is 4.99. The van der Waals surface area contributed by atoms with Gasteiger partial charge in [0.15, 0.2) is 0 Å². The highest BCUT2D eigenvalue weighted by Crippen LogP contribution is 2.13. The molecule has 3 nitrogen and oxygen atoms in total. The maximum Gasteiger partial charge on any atom is 0.304 e. The normalized spacial score (nSPS) is 14.4. The van der Waals surface area contributed by atoms with Crippen molar-refractivity contribution in [2.24, 2.45) is 0 Å². The van der Waals surface area contributed by atoms with Crippen molar-refractivity contribution in [3.05, 3.63) is 35.9 Å². The van der Waals surface area contributed by atoms with E-state index in [0.717, 1.165) is 6.42 Å². The fourth-order valence-electron chi connectivity index (χ4n) is 1.72. The molecule has 1 aromatic rings. The molecule has 0 saturated heterocycles. The fourth-order valence-corrected chi connectivity index (χ4v) is 1.72. The lowest BCUT2D eigenvalue weighted by atomic mass is 10.1. The van der Waals surface area contributed by atoms with Gasteiger partial charge in [-0.05, 0) is 18.9 Å². The van der Waals surface area contributed by atoms with Crippen molar-refractivity contribution in [1.82, 2.24) is 5.32 Å². The van der Waals surface area contributed by atoms with E-state index in [0.29, 0.717) is 0 Å². The van der Waals surface area contributed by atoms with Gasteiger partial charge in [-0.25, -0.2) is 0 Å². The first kappa shape index (κ1) is 12.7. The first-order chi connectivity index (χ1) is 7.63. The Hall–Kier alpha value is -1.35. The molecular weight excluding hydrogens is 202 g/mol. The summed E-state index contributed by atoms with van der Waals surface area (Å²) in [6, 6.07) is 10.3. The molecule has 3 heteroatoms. The molecule has 2 unspecified atom stereocenters. The van der Waals surface area contributed by atoms with Crippen LogP contribution in [0.3, 0.4) is 0 Å². The monoisotopic (exact) mass is 221 g/mol. The summed E-state index contributed by atoms with van der Waals surface area (Å²) in [4.78, 5) is 10.6. The van der Waals surface area contributed by atoms with E-state index in [-0.39, 0.29) is 18.5 Å². The zero-order chi connectivity index (χ0) is 12.0. The summed E-state index contributed by atoms with van der Waals surface area (Å²) in [5, 5.41) is 12.1. The SMILES string of the molecule is CCC(CC(=O)O)NC(C)c1ccccc1. The number of hydrogen-bond acceptors (Lipinski definition) is 2. The molecule has 0 bridgehead atoms. The van der Waals surface area contributed by atoms with Crippen LogP contribution in [0.4, 0.5) is 0 Å². The Morgan fingerprint density at radius 3 is 2.50 bits per heavy atom. The highest BCUT2D eigenvalue weighted by atomic mass is 16.4. The molecule has 0 saturated carbocycles. The molecule has 0 heterocycles. The lowest BCUT2D eigenvalue weighted by molar-refractivity contribution is -0.137. The van der Waals surface area contributed by atoms with E-state index in [1.807, 2.05) is 37.3 Å². The van der Waals surface area contributed by atoms with E-state index in [1.54, 1.807) is 0 Å². The second-order valence-corrected chi connectivity index (χ2v) is 4.00. The quantitative estimate of drug-likeness (QED) is 0.776. The predicted octanol–water partition coefficient (Wildman–Crippen LogP) is 2.59. The third-order valence-electron chi connectivity index (χ3n) is 2.70. The molecule has 0 aliphatic carbocycles. The molecule has 2 N–H and O–H groups in total. The summed E-state index contributed by atoms with van der Waals surface area (Å²) >= 11 is 0. The first-order valence-corrected chi connectivity index (χ1v) is 5.66. The van der Waals surface area contributed by atoms with Gasteiger partial charge in [-0.3, -0.25) is 4.79 Å². The lowest BCUT2D eigenvalue weighted by Gasteiger charge is -2.21. The van der Waals surface area contributed by atoms with Crippen LogP contribution in [0.25, 0.3) is 0 Å². The minimum absolute atomic E-state index is 0.0349. The zero-order valence-electron chi connectivity index (χ0n) is 9.81. The smallest absolute Gasteiger partial charge is 0.304 e. The van der Waals surface area contributed by atoms with Crippen LogP contribution in [0.2, 0.25) is 0 Å². The minimum atomic E-state index is -0.750. The summed E-state index contributed by atoms with van der Waals surface area (Å²) in [5.41, 5.74) is 1.19. The van der Waals surface area contributed by atoms with Crippen molar-refractivity contribution in [3.8, 4) is 0 Å². The van der Waals surface area contributed by atoms with Crippen molar-refractivity contribution >= 4 is 5.97 Å². The molecule has 0 aliphatic rings. The van der Waals surface area contributed by atoms with Crippen molar-refractivity contribution in [3.63, 3.8) is 0 Å². The van der Waals surface area contributed by atoms with Crippen LogP contribution in [0.15, 0.2) is 30.3 Å². The molecular formula is C13H19NO2. The van der Waals surface area contributed by atoms with Gasteiger partial charge in [0.25, 0.3) is 0 Å². The number of rotatable bonds is 6. The van der Waals surface area contributed by atoms with Crippen LogP contribution in [0.5, 0.6) is 0 Å². The number of carboxylic acid groups (broad SMARTS) is 1. The van der Waals surface area contributed by atoms with Crippen molar-refractivity contribution in [2.45, 2.75) is 38.8 Å². The first-order valence-electron chi connectivity index (χ1n) is 5.66. The third-order valence-corrected chi connectivity index (χ3v) is 2.70. The number of nitrogens with one attached hydrogen (secondary N) is 1. The number of carboxylic acids is 1. The Balaban J connectivity index is 2.55. The van der Waals surface area contributed by atoms with Crippen molar-refractivity contribution in [2.75, 3.05) is 0 Å². The summed E-state index contributed by atoms with van der Waals surface area (Å²) in [5.74, 6) is -0.750. The van der Waals surface area contributed by atoms with Gasteiger partial charge in [-0.1, -0.05) is 37.3 Å². The van der Waals surface area contributed by atoms with Gasteiger partial charge in [0.1, 0.15) is 0 Å². The minimum Gasteiger partial charge on any atom is -0.481 e. The average Bonchev–Trinajstić information content (AvgIpc) is 2.28. The molecule has 0 aromatic heterocycles. The standard InChI is InChI=1S/C13H19NO2/c1-3-12(9-13(15)16)14-10(2)11-7-5-4-6-8-11/h4-8,10,12,14H,3,9H2,1-2H3,(H,15,16). The van der Waals surface area contributed by atoms with Gasteiger partial charge in [0, 0.05) is 12.1 Å². The molecule has 0 radical (unpaired) electrons. The Morgan fingerprint density at radius 2 is 2.00 bits per heavy atom. The van der Waals surface area contributed by atoms with Crippen molar-refractivity contribution in [1.29, 1.82) is 0 Å². The Bertz CT molecular complexity index is 324. The molecule has 0 fully saturated rings. The second-order valence-electron chi connectivity index (χ2n) is 4.00. The van der Waals surface area contributed by atoms with E-state index < -0.39 is 5.97 Å². The van der Waals surface area contributed by atoms with Gasteiger partial charge in [-0.15, -0.1) is 0 Å². The maximum atomic E-state index is 10.6. The second kappa shape index (κ2) is 6.28. The van der Waals surface area contributed by atoms with Gasteiger partial charge < -0.3 is 10.4 Å². The van der Waals surface area contributed by atoms with E-state index in [9.17, 15) is 4.79 Å². The van der Waals surface area contributed by atoms with E-state index >= 15 is 0 Å².